The molecule has 6 nitrogen and oxygen atoms in total. The molecule has 0 bridgehead atoms. The van der Waals surface area contributed by atoms with Crippen molar-refractivity contribution in [3.63, 3.8) is 0 Å². The Balaban J connectivity index is 1.34. The van der Waals surface area contributed by atoms with E-state index in [-0.39, 0.29) is 23.7 Å². The number of rotatable bonds is 12. The average molecular weight is 548 g/mol. The van der Waals surface area contributed by atoms with E-state index in [1.807, 2.05) is 66.7 Å². The first-order valence-corrected chi connectivity index (χ1v) is 13.0. The van der Waals surface area contributed by atoms with Gasteiger partial charge in [0.05, 0.1) is 17.8 Å². The van der Waals surface area contributed by atoms with E-state index in [9.17, 15) is 14.3 Å². The first-order valence-electron chi connectivity index (χ1n) is 12.6. The van der Waals surface area contributed by atoms with Crippen molar-refractivity contribution >= 4 is 40.6 Å². The fourth-order valence-corrected chi connectivity index (χ4v) is 4.31. The maximum atomic E-state index is 12.5. The summed E-state index contributed by atoms with van der Waals surface area (Å²) in [5.74, 6) is -0.379. The van der Waals surface area contributed by atoms with Gasteiger partial charge in [-0.2, -0.15) is 0 Å². The van der Waals surface area contributed by atoms with Crippen LogP contribution in [0.2, 0.25) is 5.02 Å². The van der Waals surface area contributed by atoms with Gasteiger partial charge in [0, 0.05) is 10.4 Å². The molecule has 4 aromatic rings. The smallest absolute Gasteiger partial charge is 0.339 e. The highest BCUT2D eigenvalue weighted by Crippen LogP contribution is 2.32. The summed E-state index contributed by atoms with van der Waals surface area (Å²) in [7, 11) is 0. The Labute approximate surface area is 230 Å². The van der Waals surface area contributed by atoms with Gasteiger partial charge in [-0.25, -0.2) is 14.2 Å². The molecule has 1 heterocycles. The number of benzene rings is 3. The number of carbonyl (C=O) groups is 1. The van der Waals surface area contributed by atoms with Gasteiger partial charge >= 0.3 is 5.97 Å². The van der Waals surface area contributed by atoms with Gasteiger partial charge in [-0.05, 0) is 78.4 Å². The molecule has 0 spiro atoms. The zero-order valence-corrected chi connectivity index (χ0v) is 21.8. The van der Waals surface area contributed by atoms with E-state index in [4.69, 9.17) is 25.8 Å². The van der Waals surface area contributed by atoms with Gasteiger partial charge in [0.2, 0.25) is 6.86 Å². The van der Waals surface area contributed by atoms with Crippen LogP contribution in [0.25, 0.3) is 23.1 Å². The summed E-state index contributed by atoms with van der Waals surface area (Å²) in [4.78, 5) is 16.4. The summed E-state index contributed by atoms with van der Waals surface area (Å²) < 4.78 is 29.5. The molecule has 1 aliphatic rings. The van der Waals surface area contributed by atoms with E-state index in [1.54, 1.807) is 0 Å². The number of aromatic carboxylic acids is 1. The SMILES string of the molecule is O=C(O)c1cc(OCF)ccc1OC[C@H](OCC1CC1)c1cccc(/C=C/c2ccc3ccc(Cl)cc3n2)c1. The minimum atomic E-state index is -1.19. The molecule has 1 N–H and O–H groups in total. The van der Waals surface area contributed by atoms with Gasteiger partial charge in [-0.15, -0.1) is 0 Å². The average Bonchev–Trinajstić information content (AvgIpc) is 3.77. The highest BCUT2D eigenvalue weighted by molar-refractivity contribution is 6.31. The number of pyridine rings is 1. The lowest BCUT2D eigenvalue weighted by Crippen LogP contribution is -2.16. The van der Waals surface area contributed by atoms with Gasteiger partial charge in [0.25, 0.3) is 0 Å². The summed E-state index contributed by atoms with van der Waals surface area (Å²) in [5.41, 5.74) is 3.39. The molecule has 0 saturated heterocycles. The summed E-state index contributed by atoms with van der Waals surface area (Å²) in [6, 6.07) is 21.7. The number of aromatic nitrogens is 1. The van der Waals surface area contributed by atoms with Crippen molar-refractivity contribution in [2.75, 3.05) is 20.1 Å². The predicted molar refractivity (Wildman–Crippen MR) is 149 cm³/mol. The molecular formula is C31H27ClFNO5. The molecule has 0 aliphatic heterocycles. The lowest BCUT2D eigenvalue weighted by Gasteiger charge is -2.20. The second-order valence-corrected chi connectivity index (χ2v) is 9.81. The number of hydrogen-bond donors (Lipinski definition) is 1. The number of carboxylic acid groups (broad SMARTS) is 1. The topological polar surface area (TPSA) is 77.9 Å². The minimum absolute atomic E-state index is 0.108. The van der Waals surface area contributed by atoms with Crippen molar-refractivity contribution < 1.29 is 28.5 Å². The van der Waals surface area contributed by atoms with Crippen LogP contribution in [-0.4, -0.2) is 36.1 Å². The van der Waals surface area contributed by atoms with Gasteiger partial charge in [0.15, 0.2) is 0 Å². The number of halogens is 2. The fourth-order valence-electron chi connectivity index (χ4n) is 4.14. The Morgan fingerprint density at radius 3 is 2.69 bits per heavy atom. The third-order valence-electron chi connectivity index (χ3n) is 6.43. The minimum Gasteiger partial charge on any atom is -0.490 e. The van der Waals surface area contributed by atoms with Crippen molar-refractivity contribution in [2.45, 2.75) is 18.9 Å². The first-order chi connectivity index (χ1) is 19.0. The van der Waals surface area contributed by atoms with E-state index in [0.29, 0.717) is 17.5 Å². The van der Waals surface area contributed by atoms with Gasteiger partial charge in [-0.3, -0.25) is 0 Å². The lowest BCUT2D eigenvalue weighted by molar-refractivity contribution is 0.0128. The number of hydrogen-bond acceptors (Lipinski definition) is 5. The number of ether oxygens (including phenoxy) is 3. The van der Waals surface area contributed by atoms with E-state index < -0.39 is 18.9 Å². The Bertz CT molecular complexity index is 1500. The maximum Gasteiger partial charge on any atom is 0.339 e. The molecule has 1 fully saturated rings. The highest BCUT2D eigenvalue weighted by atomic mass is 35.5. The standard InChI is InChI=1S/C31H27ClFNO5/c32-24-9-7-22-8-11-25(34-28(22)15-24)10-6-20-2-1-3-23(14-20)30(37-17-21-4-5-21)18-38-29-13-12-26(39-19-33)16-27(29)31(35)36/h1-3,6-16,21,30H,4-5,17-19H2,(H,35,36)/b10-6+/t30-/m0/s1. The summed E-state index contributed by atoms with van der Waals surface area (Å²) in [5, 5.41) is 11.3. The third-order valence-corrected chi connectivity index (χ3v) is 6.66. The quantitative estimate of drug-likeness (QED) is 0.197. The van der Waals surface area contributed by atoms with Crippen molar-refractivity contribution in [3.8, 4) is 11.5 Å². The highest BCUT2D eigenvalue weighted by Gasteiger charge is 2.25. The Kier molecular flexibility index (Phi) is 8.39. The molecule has 0 radical (unpaired) electrons. The van der Waals surface area contributed by atoms with Crippen LogP contribution in [-0.2, 0) is 4.74 Å². The molecular weight excluding hydrogens is 521 g/mol. The van der Waals surface area contributed by atoms with Crippen LogP contribution in [0.4, 0.5) is 4.39 Å². The van der Waals surface area contributed by atoms with Gasteiger partial charge in [0.1, 0.15) is 29.8 Å². The monoisotopic (exact) mass is 547 g/mol. The van der Waals surface area contributed by atoms with Crippen LogP contribution in [0, 0.1) is 5.92 Å². The van der Waals surface area contributed by atoms with Crippen molar-refractivity contribution in [1.29, 1.82) is 0 Å². The predicted octanol–water partition coefficient (Wildman–Crippen LogP) is 7.61. The van der Waals surface area contributed by atoms with Crippen LogP contribution in [0.1, 0.15) is 46.1 Å². The van der Waals surface area contributed by atoms with Crippen molar-refractivity contribution in [2.24, 2.45) is 5.92 Å². The van der Waals surface area contributed by atoms with E-state index in [2.05, 4.69) is 4.98 Å². The molecule has 8 heteroatoms. The van der Waals surface area contributed by atoms with E-state index in [1.165, 1.54) is 18.2 Å². The molecule has 5 rings (SSSR count). The normalized spacial score (nSPS) is 14.0. The lowest BCUT2D eigenvalue weighted by atomic mass is 10.1. The van der Waals surface area contributed by atoms with Crippen LogP contribution in [0.3, 0.4) is 0 Å². The molecule has 0 amide bonds. The molecule has 1 aliphatic carbocycles. The first kappa shape index (κ1) is 26.7. The molecule has 1 aromatic heterocycles. The van der Waals surface area contributed by atoms with Crippen LogP contribution in [0.15, 0.2) is 72.8 Å². The number of carboxylic acids is 1. The van der Waals surface area contributed by atoms with Crippen molar-refractivity contribution in [1.82, 2.24) is 4.98 Å². The van der Waals surface area contributed by atoms with Crippen LogP contribution >= 0.6 is 11.6 Å². The van der Waals surface area contributed by atoms with Gasteiger partial charge < -0.3 is 19.3 Å². The zero-order chi connectivity index (χ0) is 27.2. The Morgan fingerprint density at radius 1 is 1.05 bits per heavy atom. The molecule has 39 heavy (non-hydrogen) atoms. The number of fused-ring (bicyclic) bond motifs is 1. The van der Waals surface area contributed by atoms with Crippen molar-refractivity contribution in [3.05, 3.63) is 100 Å². The number of nitrogens with zero attached hydrogens (tertiary/aromatic N) is 1. The molecule has 3 aromatic carbocycles. The maximum absolute atomic E-state index is 12.5. The largest absolute Gasteiger partial charge is 0.490 e. The molecule has 200 valence electrons. The fraction of sp³-hybridized carbons (Fsp3) is 0.226. The second-order valence-electron chi connectivity index (χ2n) is 9.37. The molecule has 0 unspecified atom stereocenters. The summed E-state index contributed by atoms with van der Waals surface area (Å²) in [6.45, 7) is -0.338. The molecule has 1 atom stereocenters. The molecule has 1 saturated carbocycles. The van der Waals surface area contributed by atoms with Gasteiger partial charge in [-0.1, -0.05) is 48.0 Å². The second kappa shape index (κ2) is 12.3. The number of alkyl halides is 1. The van der Waals surface area contributed by atoms with Crippen LogP contribution in [0.5, 0.6) is 11.5 Å². The summed E-state index contributed by atoms with van der Waals surface area (Å²) in [6.07, 6.45) is 5.78. The van der Waals surface area contributed by atoms with Crippen LogP contribution < -0.4 is 9.47 Å². The Morgan fingerprint density at radius 2 is 1.90 bits per heavy atom. The summed E-state index contributed by atoms with van der Waals surface area (Å²) >= 11 is 6.12. The van der Waals surface area contributed by atoms with E-state index in [0.717, 1.165) is 40.6 Å². The Hall–Kier alpha value is -3.94. The zero-order valence-electron chi connectivity index (χ0n) is 21.1. The van der Waals surface area contributed by atoms with E-state index >= 15 is 0 Å². The third kappa shape index (κ3) is 7.13.